The van der Waals surface area contributed by atoms with E-state index in [2.05, 4.69) is 12.2 Å². The maximum absolute atomic E-state index is 11.3. The van der Waals surface area contributed by atoms with Gasteiger partial charge in [0.2, 0.25) is 0 Å². The van der Waals surface area contributed by atoms with Crippen LogP contribution < -0.4 is 5.32 Å². The summed E-state index contributed by atoms with van der Waals surface area (Å²) in [6, 6.07) is 0.487. The lowest BCUT2D eigenvalue weighted by atomic mass is 9.81. The maximum atomic E-state index is 11.3. The summed E-state index contributed by atoms with van der Waals surface area (Å²) in [5.74, 6) is 0.666. The summed E-state index contributed by atoms with van der Waals surface area (Å²) in [7, 11) is 1.82. The number of urea groups is 1. The smallest absolute Gasteiger partial charge is 0.317 e. The van der Waals surface area contributed by atoms with Crippen molar-refractivity contribution in [2.24, 2.45) is 5.92 Å². The third-order valence-electron chi connectivity index (χ3n) is 2.75. The molecule has 0 bridgehead atoms. The second-order valence-corrected chi connectivity index (χ2v) is 3.62. The Morgan fingerprint density at radius 1 is 1.58 bits per heavy atom. The van der Waals surface area contributed by atoms with Gasteiger partial charge in [-0.25, -0.2) is 4.79 Å². The molecule has 0 heterocycles. The van der Waals surface area contributed by atoms with E-state index in [1.54, 1.807) is 4.90 Å². The van der Waals surface area contributed by atoms with Crippen molar-refractivity contribution in [2.75, 3.05) is 13.6 Å². The standard InChI is InChI=1S/C9H18N2O/c1-4-11(3)9(12)10-8-6-5-7(8)2/h7-8H,4-6H2,1-3H3,(H,10,12). The van der Waals surface area contributed by atoms with Gasteiger partial charge >= 0.3 is 6.03 Å². The molecular weight excluding hydrogens is 152 g/mol. The summed E-state index contributed by atoms with van der Waals surface area (Å²) in [6.07, 6.45) is 2.39. The van der Waals surface area contributed by atoms with Gasteiger partial charge in [0.25, 0.3) is 0 Å². The Bertz CT molecular complexity index is 170. The zero-order valence-corrected chi connectivity index (χ0v) is 8.13. The first-order valence-electron chi connectivity index (χ1n) is 4.66. The Hall–Kier alpha value is -0.730. The van der Waals surface area contributed by atoms with Crippen LogP contribution in [0.5, 0.6) is 0 Å². The third kappa shape index (κ3) is 1.90. The van der Waals surface area contributed by atoms with Crippen LogP contribution in [-0.2, 0) is 0 Å². The molecule has 0 radical (unpaired) electrons. The molecule has 70 valence electrons. The summed E-state index contributed by atoms with van der Waals surface area (Å²) >= 11 is 0. The van der Waals surface area contributed by atoms with Crippen molar-refractivity contribution in [3.05, 3.63) is 0 Å². The molecule has 1 saturated carbocycles. The predicted octanol–water partition coefficient (Wildman–Crippen LogP) is 1.45. The van der Waals surface area contributed by atoms with Crippen LogP contribution in [0.4, 0.5) is 4.79 Å². The maximum Gasteiger partial charge on any atom is 0.317 e. The van der Waals surface area contributed by atoms with Crippen molar-refractivity contribution >= 4 is 6.03 Å². The summed E-state index contributed by atoms with van der Waals surface area (Å²) in [4.78, 5) is 13.0. The molecule has 2 atom stereocenters. The Balaban J connectivity index is 2.26. The third-order valence-corrected chi connectivity index (χ3v) is 2.75. The molecule has 0 spiro atoms. The first-order valence-corrected chi connectivity index (χ1v) is 4.66. The van der Waals surface area contributed by atoms with Crippen LogP contribution in [-0.4, -0.2) is 30.6 Å². The van der Waals surface area contributed by atoms with Crippen molar-refractivity contribution in [2.45, 2.75) is 32.7 Å². The van der Waals surface area contributed by atoms with Crippen molar-refractivity contribution in [1.82, 2.24) is 10.2 Å². The van der Waals surface area contributed by atoms with Crippen LogP contribution in [0.1, 0.15) is 26.7 Å². The average Bonchev–Trinajstić information content (AvgIpc) is 2.09. The summed E-state index contributed by atoms with van der Waals surface area (Å²) in [5, 5.41) is 3.00. The molecule has 1 aliphatic carbocycles. The minimum atomic E-state index is 0.0639. The van der Waals surface area contributed by atoms with E-state index in [1.807, 2.05) is 14.0 Å². The van der Waals surface area contributed by atoms with Gasteiger partial charge in [0, 0.05) is 19.6 Å². The highest BCUT2D eigenvalue weighted by Crippen LogP contribution is 2.26. The molecule has 1 rings (SSSR count). The molecule has 1 N–H and O–H groups in total. The highest BCUT2D eigenvalue weighted by molar-refractivity contribution is 5.74. The van der Waals surface area contributed by atoms with E-state index in [9.17, 15) is 4.79 Å². The molecule has 0 aromatic carbocycles. The van der Waals surface area contributed by atoms with Crippen LogP contribution in [0, 0.1) is 5.92 Å². The molecule has 0 aromatic rings. The number of nitrogens with one attached hydrogen (secondary N) is 1. The predicted molar refractivity (Wildman–Crippen MR) is 49.0 cm³/mol. The monoisotopic (exact) mass is 170 g/mol. The van der Waals surface area contributed by atoms with E-state index >= 15 is 0 Å². The van der Waals surface area contributed by atoms with Gasteiger partial charge in [-0.15, -0.1) is 0 Å². The number of nitrogens with zero attached hydrogens (tertiary/aromatic N) is 1. The zero-order chi connectivity index (χ0) is 9.14. The number of carbonyl (C=O) groups is 1. The second kappa shape index (κ2) is 3.78. The Kier molecular flexibility index (Phi) is 2.95. The highest BCUT2D eigenvalue weighted by atomic mass is 16.2. The fourth-order valence-corrected chi connectivity index (χ4v) is 1.29. The molecule has 3 nitrogen and oxygen atoms in total. The van der Waals surface area contributed by atoms with E-state index in [-0.39, 0.29) is 6.03 Å². The average molecular weight is 170 g/mol. The van der Waals surface area contributed by atoms with Gasteiger partial charge in [0.15, 0.2) is 0 Å². The van der Waals surface area contributed by atoms with Crippen LogP contribution >= 0.6 is 0 Å². The molecule has 2 unspecified atom stereocenters. The quantitative estimate of drug-likeness (QED) is 0.668. The van der Waals surface area contributed by atoms with E-state index < -0.39 is 0 Å². The van der Waals surface area contributed by atoms with Crippen molar-refractivity contribution < 1.29 is 4.79 Å². The SMILES string of the molecule is CCN(C)C(=O)NC1CCC1C. The number of hydrogen-bond donors (Lipinski definition) is 1. The Morgan fingerprint density at radius 3 is 2.58 bits per heavy atom. The first-order chi connectivity index (χ1) is 5.65. The fourth-order valence-electron chi connectivity index (χ4n) is 1.29. The summed E-state index contributed by atoms with van der Waals surface area (Å²) < 4.78 is 0. The van der Waals surface area contributed by atoms with E-state index in [1.165, 1.54) is 6.42 Å². The van der Waals surface area contributed by atoms with Crippen molar-refractivity contribution in [3.8, 4) is 0 Å². The van der Waals surface area contributed by atoms with Gasteiger partial charge in [0.1, 0.15) is 0 Å². The molecular formula is C9H18N2O. The molecule has 0 aliphatic heterocycles. The number of amides is 2. The molecule has 0 aromatic heterocycles. The van der Waals surface area contributed by atoms with E-state index in [4.69, 9.17) is 0 Å². The molecule has 1 fully saturated rings. The lowest BCUT2D eigenvalue weighted by Gasteiger charge is -2.35. The first kappa shape index (κ1) is 9.36. The largest absolute Gasteiger partial charge is 0.335 e. The number of hydrogen-bond acceptors (Lipinski definition) is 1. The van der Waals surface area contributed by atoms with Gasteiger partial charge in [-0.1, -0.05) is 6.92 Å². The Morgan fingerprint density at radius 2 is 2.25 bits per heavy atom. The van der Waals surface area contributed by atoms with Crippen LogP contribution in [0.25, 0.3) is 0 Å². The second-order valence-electron chi connectivity index (χ2n) is 3.62. The lowest BCUT2D eigenvalue weighted by Crippen LogP contribution is -2.49. The van der Waals surface area contributed by atoms with Crippen LogP contribution in [0.15, 0.2) is 0 Å². The van der Waals surface area contributed by atoms with Crippen molar-refractivity contribution in [1.29, 1.82) is 0 Å². The summed E-state index contributed by atoms with van der Waals surface area (Å²) in [6.45, 7) is 4.93. The lowest BCUT2D eigenvalue weighted by molar-refractivity contribution is 0.180. The zero-order valence-electron chi connectivity index (χ0n) is 8.13. The van der Waals surface area contributed by atoms with Crippen LogP contribution in [0.2, 0.25) is 0 Å². The normalized spacial score (nSPS) is 27.6. The Labute approximate surface area is 74.1 Å². The van der Waals surface area contributed by atoms with Gasteiger partial charge < -0.3 is 10.2 Å². The summed E-state index contributed by atoms with van der Waals surface area (Å²) in [5.41, 5.74) is 0. The minimum Gasteiger partial charge on any atom is -0.335 e. The van der Waals surface area contributed by atoms with Crippen LogP contribution in [0.3, 0.4) is 0 Å². The molecule has 2 amide bonds. The minimum absolute atomic E-state index is 0.0639. The number of carbonyl (C=O) groups excluding carboxylic acids is 1. The van der Waals surface area contributed by atoms with Gasteiger partial charge in [-0.2, -0.15) is 0 Å². The van der Waals surface area contributed by atoms with E-state index in [0.717, 1.165) is 13.0 Å². The van der Waals surface area contributed by atoms with Gasteiger partial charge in [-0.3, -0.25) is 0 Å². The van der Waals surface area contributed by atoms with Gasteiger partial charge in [-0.05, 0) is 25.7 Å². The molecule has 0 saturated heterocycles. The topological polar surface area (TPSA) is 32.3 Å². The van der Waals surface area contributed by atoms with E-state index in [0.29, 0.717) is 12.0 Å². The molecule has 1 aliphatic rings. The van der Waals surface area contributed by atoms with Crippen molar-refractivity contribution in [3.63, 3.8) is 0 Å². The van der Waals surface area contributed by atoms with Gasteiger partial charge in [0.05, 0.1) is 0 Å². The molecule has 12 heavy (non-hydrogen) atoms. The highest BCUT2D eigenvalue weighted by Gasteiger charge is 2.28. The fraction of sp³-hybridized carbons (Fsp3) is 0.889. The number of rotatable bonds is 2. The molecule has 3 heteroatoms.